The molecule has 1 aromatic carbocycles. The summed E-state index contributed by atoms with van der Waals surface area (Å²) in [5.41, 5.74) is 7.15. The van der Waals surface area contributed by atoms with Crippen molar-refractivity contribution in [3.63, 3.8) is 0 Å². The summed E-state index contributed by atoms with van der Waals surface area (Å²) in [6.07, 6.45) is 4.61. The molecule has 1 aromatic rings. The highest BCUT2D eigenvalue weighted by molar-refractivity contribution is 6.42. The SMILES string of the molecule is NC1CCC(Cc2ccc(Cl)c(Cl)c2)C1. The minimum Gasteiger partial charge on any atom is -0.328 e. The van der Waals surface area contributed by atoms with E-state index < -0.39 is 0 Å². The first kappa shape index (κ1) is 11.3. The number of rotatable bonds is 2. The quantitative estimate of drug-likeness (QED) is 0.844. The Morgan fingerprint density at radius 2 is 2.00 bits per heavy atom. The largest absolute Gasteiger partial charge is 0.328 e. The highest BCUT2D eigenvalue weighted by Crippen LogP contribution is 2.29. The Morgan fingerprint density at radius 1 is 1.20 bits per heavy atom. The molecule has 15 heavy (non-hydrogen) atoms. The summed E-state index contributed by atoms with van der Waals surface area (Å²) >= 11 is 11.8. The molecule has 0 amide bonds. The molecule has 3 heteroatoms. The molecule has 1 fully saturated rings. The maximum atomic E-state index is 5.97. The van der Waals surface area contributed by atoms with Crippen molar-refractivity contribution in [3.05, 3.63) is 33.8 Å². The lowest BCUT2D eigenvalue weighted by atomic mass is 9.98. The molecule has 82 valence electrons. The van der Waals surface area contributed by atoms with E-state index in [9.17, 15) is 0 Å². The molecule has 0 saturated heterocycles. The van der Waals surface area contributed by atoms with Gasteiger partial charge in [0, 0.05) is 6.04 Å². The number of benzene rings is 1. The fourth-order valence-electron chi connectivity index (χ4n) is 2.30. The van der Waals surface area contributed by atoms with Gasteiger partial charge in [0.1, 0.15) is 0 Å². The molecule has 1 saturated carbocycles. The molecule has 0 radical (unpaired) electrons. The summed E-state index contributed by atoms with van der Waals surface area (Å²) in [6, 6.07) is 6.29. The van der Waals surface area contributed by atoms with Crippen LogP contribution in [0.3, 0.4) is 0 Å². The minimum atomic E-state index is 0.401. The van der Waals surface area contributed by atoms with Crippen molar-refractivity contribution in [3.8, 4) is 0 Å². The van der Waals surface area contributed by atoms with Gasteiger partial charge in [-0.1, -0.05) is 29.3 Å². The highest BCUT2D eigenvalue weighted by Gasteiger charge is 2.21. The lowest BCUT2D eigenvalue weighted by molar-refractivity contribution is 0.535. The second-order valence-corrected chi connectivity index (χ2v) is 5.21. The molecule has 2 unspecified atom stereocenters. The van der Waals surface area contributed by atoms with Crippen molar-refractivity contribution in [2.45, 2.75) is 31.7 Å². The van der Waals surface area contributed by atoms with Crippen molar-refractivity contribution >= 4 is 23.2 Å². The number of hydrogen-bond acceptors (Lipinski definition) is 1. The van der Waals surface area contributed by atoms with E-state index in [0.717, 1.165) is 25.2 Å². The van der Waals surface area contributed by atoms with E-state index in [1.54, 1.807) is 0 Å². The van der Waals surface area contributed by atoms with Crippen LogP contribution in [0.15, 0.2) is 18.2 Å². The van der Waals surface area contributed by atoms with Crippen molar-refractivity contribution in [2.24, 2.45) is 11.7 Å². The maximum absolute atomic E-state index is 5.97. The Labute approximate surface area is 101 Å². The summed E-state index contributed by atoms with van der Waals surface area (Å²) in [5.74, 6) is 0.720. The molecule has 0 heterocycles. The molecule has 0 spiro atoms. The van der Waals surface area contributed by atoms with E-state index in [2.05, 4.69) is 6.07 Å². The monoisotopic (exact) mass is 243 g/mol. The molecule has 2 N–H and O–H groups in total. The van der Waals surface area contributed by atoms with Gasteiger partial charge in [-0.25, -0.2) is 0 Å². The van der Waals surface area contributed by atoms with Crippen LogP contribution in [-0.4, -0.2) is 6.04 Å². The van der Waals surface area contributed by atoms with Gasteiger partial charge in [-0.2, -0.15) is 0 Å². The van der Waals surface area contributed by atoms with Crippen LogP contribution in [-0.2, 0) is 6.42 Å². The Kier molecular flexibility index (Phi) is 3.55. The molecular formula is C12H15Cl2N. The fourth-order valence-corrected chi connectivity index (χ4v) is 2.62. The van der Waals surface area contributed by atoms with Crippen LogP contribution in [0, 0.1) is 5.92 Å². The second-order valence-electron chi connectivity index (χ2n) is 4.39. The molecule has 1 nitrogen and oxygen atoms in total. The van der Waals surface area contributed by atoms with Crippen LogP contribution in [0.4, 0.5) is 0 Å². The smallest absolute Gasteiger partial charge is 0.0595 e. The summed E-state index contributed by atoms with van der Waals surface area (Å²) in [6.45, 7) is 0. The summed E-state index contributed by atoms with van der Waals surface area (Å²) in [5, 5.41) is 1.28. The van der Waals surface area contributed by atoms with Crippen LogP contribution in [0.1, 0.15) is 24.8 Å². The standard InChI is InChI=1S/C12H15Cl2N/c13-11-4-2-9(7-12(11)14)5-8-1-3-10(15)6-8/h2,4,7-8,10H,1,3,5-6,15H2. The zero-order valence-corrected chi connectivity index (χ0v) is 10.1. The number of nitrogens with two attached hydrogens (primary N) is 1. The van der Waals surface area contributed by atoms with Gasteiger partial charge in [-0.15, -0.1) is 0 Å². The van der Waals surface area contributed by atoms with E-state index in [1.807, 2.05) is 12.1 Å². The van der Waals surface area contributed by atoms with Crippen LogP contribution in [0.5, 0.6) is 0 Å². The highest BCUT2D eigenvalue weighted by atomic mass is 35.5. The third-order valence-corrected chi connectivity index (χ3v) is 3.83. The lowest BCUT2D eigenvalue weighted by Gasteiger charge is -2.10. The average Bonchev–Trinajstić information content (AvgIpc) is 2.58. The van der Waals surface area contributed by atoms with Gasteiger partial charge in [0.15, 0.2) is 0 Å². The molecule has 1 aliphatic rings. The second kappa shape index (κ2) is 4.73. The van der Waals surface area contributed by atoms with E-state index >= 15 is 0 Å². The maximum Gasteiger partial charge on any atom is 0.0595 e. The van der Waals surface area contributed by atoms with Gasteiger partial charge in [0.25, 0.3) is 0 Å². The van der Waals surface area contributed by atoms with Crippen LogP contribution in [0.25, 0.3) is 0 Å². The van der Waals surface area contributed by atoms with E-state index in [0.29, 0.717) is 16.1 Å². The van der Waals surface area contributed by atoms with Gasteiger partial charge in [0.2, 0.25) is 0 Å². The molecule has 0 bridgehead atoms. The van der Waals surface area contributed by atoms with E-state index in [-0.39, 0.29) is 0 Å². The van der Waals surface area contributed by atoms with Crippen molar-refractivity contribution in [2.75, 3.05) is 0 Å². The predicted molar refractivity (Wildman–Crippen MR) is 65.5 cm³/mol. The first-order valence-corrected chi connectivity index (χ1v) is 6.10. The van der Waals surface area contributed by atoms with Crippen LogP contribution in [0.2, 0.25) is 10.0 Å². The fraction of sp³-hybridized carbons (Fsp3) is 0.500. The molecule has 0 aromatic heterocycles. The van der Waals surface area contributed by atoms with Crippen molar-refractivity contribution in [1.82, 2.24) is 0 Å². The zero-order chi connectivity index (χ0) is 10.8. The first-order valence-electron chi connectivity index (χ1n) is 5.34. The Morgan fingerprint density at radius 3 is 2.60 bits per heavy atom. The predicted octanol–water partition coefficient (Wildman–Crippen LogP) is 3.66. The van der Waals surface area contributed by atoms with Crippen molar-refractivity contribution < 1.29 is 0 Å². The Hall–Kier alpha value is -0.240. The Balaban J connectivity index is 2.02. The van der Waals surface area contributed by atoms with Gasteiger partial charge in [0.05, 0.1) is 10.0 Å². The zero-order valence-electron chi connectivity index (χ0n) is 8.55. The third kappa shape index (κ3) is 2.87. The molecule has 2 rings (SSSR count). The lowest BCUT2D eigenvalue weighted by Crippen LogP contribution is -2.15. The Bertz CT molecular complexity index is 351. The minimum absolute atomic E-state index is 0.401. The average molecular weight is 244 g/mol. The van der Waals surface area contributed by atoms with Gasteiger partial charge >= 0.3 is 0 Å². The van der Waals surface area contributed by atoms with E-state index in [1.165, 1.54) is 12.0 Å². The number of hydrogen-bond donors (Lipinski definition) is 1. The van der Waals surface area contributed by atoms with Crippen LogP contribution >= 0.6 is 23.2 Å². The summed E-state index contributed by atoms with van der Waals surface area (Å²) < 4.78 is 0. The molecule has 2 atom stereocenters. The van der Waals surface area contributed by atoms with Gasteiger partial charge in [-0.05, 0) is 49.3 Å². The van der Waals surface area contributed by atoms with Gasteiger partial charge in [-0.3, -0.25) is 0 Å². The van der Waals surface area contributed by atoms with E-state index in [4.69, 9.17) is 28.9 Å². The van der Waals surface area contributed by atoms with Gasteiger partial charge < -0.3 is 5.73 Å². The number of halogens is 2. The topological polar surface area (TPSA) is 26.0 Å². The first-order chi connectivity index (χ1) is 7.15. The molecule has 0 aliphatic heterocycles. The summed E-state index contributed by atoms with van der Waals surface area (Å²) in [7, 11) is 0. The van der Waals surface area contributed by atoms with Crippen molar-refractivity contribution in [1.29, 1.82) is 0 Å². The molecular weight excluding hydrogens is 229 g/mol. The van der Waals surface area contributed by atoms with Crippen LogP contribution < -0.4 is 5.73 Å². The molecule has 1 aliphatic carbocycles. The third-order valence-electron chi connectivity index (χ3n) is 3.09. The summed E-state index contributed by atoms with van der Waals surface area (Å²) in [4.78, 5) is 0. The normalized spacial score (nSPS) is 25.8.